The Morgan fingerprint density at radius 3 is 1.95 bits per heavy atom. The van der Waals surface area contributed by atoms with E-state index in [-0.39, 0.29) is 11.6 Å². The highest BCUT2D eigenvalue weighted by Gasteiger charge is 2.73. The van der Waals surface area contributed by atoms with Crippen LogP contribution in [0.3, 0.4) is 0 Å². The van der Waals surface area contributed by atoms with Crippen molar-refractivity contribution < 1.29 is 30.7 Å². The molecule has 0 atom stereocenters. The molecule has 0 heterocycles. The highest BCUT2D eigenvalue weighted by Crippen LogP contribution is 2.51. The van der Waals surface area contributed by atoms with Crippen LogP contribution in [0.5, 0.6) is 0 Å². The number of benzene rings is 1. The Labute approximate surface area is 120 Å². The highest BCUT2D eigenvalue weighted by molar-refractivity contribution is 7.33. The zero-order valence-electron chi connectivity index (χ0n) is 9.50. The van der Waals surface area contributed by atoms with Crippen molar-refractivity contribution in [3.8, 4) is 0 Å². The average Bonchev–Trinajstić information content (AvgIpc) is 2.26. The van der Waals surface area contributed by atoms with E-state index in [1.54, 1.807) is 0 Å². The van der Waals surface area contributed by atoms with Crippen LogP contribution in [0.4, 0.5) is 30.7 Å². The fraction of sp³-hybridized carbons (Fsp3) is 0.400. The second kappa shape index (κ2) is 5.73. The molecular formula is C10H7Cl2F7Si. The number of hydrogen-bond donors (Lipinski definition) is 0. The molecule has 0 aromatic heterocycles. The van der Waals surface area contributed by atoms with Crippen LogP contribution in [0, 0.1) is 0 Å². The van der Waals surface area contributed by atoms with Crippen LogP contribution in [-0.4, -0.2) is 19.5 Å². The molecule has 0 aliphatic rings. The first kappa shape index (κ1) is 17.6. The molecule has 1 rings (SSSR count). The van der Waals surface area contributed by atoms with Crippen LogP contribution >= 0.6 is 22.2 Å². The molecule has 0 N–H and O–H groups in total. The summed E-state index contributed by atoms with van der Waals surface area (Å²) in [5.41, 5.74) is -1.35. The quantitative estimate of drug-likeness (QED) is 0.413. The fourth-order valence-corrected chi connectivity index (χ4v) is 3.11. The van der Waals surface area contributed by atoms with E-state index in [9.17, 15) is 30.7 Å². The molecule has 1 aromatic rings. The number of rotatable bonds is 4. The van der Waals surface area contributed by atoms with Gasteiger partial charge in [0, 0.05) is 5.56 Å². The van der Waals surface area contributed by atoms with Crippen molar-refractivity contribution in [2.45, 2.75) is 24.1 Å². The zero-order chi connectivity index (χ0) is 15.8. The molecule has 0 radical (unpaired) electrons. The van der Waals surface area contributed by atoms with Gasteiger partial charge in [-0.1, -0.05) is 18.2 Å². The van der Waals surface area contributed by atoms with Crippen molar-refractivity contribution in [3.05, 3.63) is 35.4 Å². The molecule has 10 heteroatoms. The first-order chi connectivity index (χ1) is 8.89. The molecule has 0 bridgehead atoms. The highest BCUT2D eigenvalue weighted by atomic mass is 35.7. The third-order valence-electron chi connectivity index (χ3n) is 2.43. The maximum atomic E-state index is 13.4. The standard InChI is InChI=1S/C10H7Cl2F7Si/c11-20(12)5-6-2-1-3-7(4-6)8(13,14)9(15,16)10(17,18)19/h1-4,20H,5H2. The minimum Gasteiger partial charge on any atom is -0.194 e. The number of halogens is 9. The van der Waals surface area contributed by atoms with E-state index in [2.05, 4.69) is 0 Å². The van der Waals surface area contributed by atoms with E-state index in [0.717, 1.165) is 6.07 Å². The summed E-state index contributed by atoms with van der Waals surface area (Å²) in [5.74, 6) is -11.5. The predicted molar refractivity (Wildman–Crippen MR) is 63.9 cm³/mol. The van der Waals surface area contributed by atoms with Gasteiger partial charge in [-0.3, -0.25) is 0 Å². The van der Waals surface area contributed by atoms with E-state index < -0.39 is 31.0 Å². The molecule has 0 fully saturated rings. The van der Waals surface area contributed by atoms with Crippen LogP contribution in [0.2, 0.25) is 0 Å². The van der Waals surface area contributed by atoms with Crippen molar-refractivity contribution >= 4 is 29.6 Å². The van der Waals surface area contributed by atoms with Crippen LogP contribution in [0.1, 0.15) is 11.1 Å². The Morgan fingerprint density at radius 2 is 1.50 bits per heavy atom. The first-order valence-corrected chi connectivity index (χ1v) is 9.40. The van der Waals surface area contributed by atoms with Gasteiger partial charge >= 0.3 is 18.0 Å². The van der Waals surface area contributed by atoms with E-state index >= 15 is 0 Å². The molecular weight excluding hydrogens is 352 g/mol. The summed E-state index contributed by atoms with van der Waals surface area (Å²) in [6, 6.07) is 3.27. The Kier molecular flexibility index (Phi) is 5.03. The monoisotopic (exact) mass is 358 g/mol. The number of alkyl halides is 7. The lowest BCUT2D eigenvalue weighted by atomic mass is 10.00. The van der Waals surface area contributed by atoms with Crippen molar-refractivity contribution in [1.29, 1.82) is 0 Å². The zero-order valence-corrected chi connectivity index (χ0v) is 12.2. The molecule has 0 unspecified atom stereocenters. The van der Waals surface area contributed by atoms with Crippen LogP contribution < -0.4 is 0 Å². The lowest BCUT2D eigenvalue weighted by molar-refractivity contribution is -0.359. The Bertz CT molecular complexity index is 473. The lowest BCUT2D eigenvalue weighted by Gasteiger charge is -2.28. The summed E-state index contributed by atoms with van der Waals surface area (Å²) in [6.07, 6.45) is -6.36. The maximum absolute atomic E-state index is 13.4. The van der Waals surface area contributed by atoms with Gasteiger partial charge < -0.3 is 0 Å². The summed E-state index contributed by atoms with van der Waals surface area (Å²) in [7, 11) is -2.26. The van der Waals surface area contributed by atoms with Crippen molar-refractivity contribution in [3.63, 3.8) is 0 Å². The summed E-state index contributed by atoms with van der Waals surface area (Å²) in [4.78, 5) is 0. The van der Waals surface area contributed by atoms with E-state index in [1.807, 2.05) is 0 Å². The molecule has 0 saturated heterocycles. The van der Waals surface area contributed by atoms with Gasteiger partial charge in [0.1, 0.15) is 0 Å². The van der Waals surface area contributed by atoms with Crippen LogP contribution in [0.25, 0.3) is 0 Å². The smallest absolute Gasteiger partial charge is 0.194 e. The minimum absolute atomic E-state index is 0.0232. The van der Waals surface area contributed by atoms with Crippen LogP contribution in [0.15, 0.2) is 24.3 Å². The summed E-state index contributed by atoms with van der Waals surface area (Å²) >= 11 is 11.1. The molecule has 0 amide bonds. The normalized spacial score (nSPS) is 13.9. The molecule has 1 aromatic carbocycles. The molecule has 0 saturated carbocycles. The van der Waals surface area contributed by atoms with Gasteiger partial charge in [0.15, 0.2) is 0 Å². The SMILES string of the molecule is FC(F)(F)C(F)(F)C(F)(F)c1cccc(C[SiH](Cl)Cl)c1. The second-order valence-electron chi connectivity index (χ2n) is 3.94. The molecule has 114 valence electrons. The molecule has 0 spiro atoms. The van der Waals surface area contributed by atoms with E-state index in [4.69, 9.17) is 22.2 Å². The van der Waals surface area contributed by atoms with E-state index in [1.165, 1.54) is 6.07 Å². The van der Waals surface area contributed by atoms with Gasteiger partial charge in [-0.2, -0.15) is 30.7 Å². The average molecular weight is 359 g/mol. The molecule has 0 aliphatic carbocycles. The fourth-order valence-electron chi connectivity index (χ4n) is 1.43. The third-order valence-corrected chi connectivity index (χ3v) is 4.14. The van der Waals surface area contributed by atoms with Gasteiger partial charge in [0.05, 0.1) is 0 Å². The van der Waals surface area contributed by atoms with E-state index in [0.29, 0.717) is 12.1 Å². The predicted octanol–water partition coefficient (Wildman–Crippen LogP) is 4.76. The largest absolute Gasteiger partial charge is 0.460 e. The maximum Gasteiger partial charge on any atom is 0.460 e. The van der Waals surface area contributed by atoms with Crippen molar-refractivity contribution in [1.82, 2.24) is 0 Å². The third kappa shape index (κ3) is 3.40. The van der Waals surface area contributed by atoms with Gasteiger partial charge in [-0.05, 0) is 17.7 Å². The Hall–Kier alpha value is -0.473. The topological polar surface area (TPSA) is 0 Å². The second-order valence-corrected chi connectivity index (χ2v) is 8.96. The minimum atomic E-state index is -6.36. The van der Waals surface area contributed by atoms with Gasteiger partial charge in [0.25, 0.3) is 0 Å². The van der Waals surface area contributed by atoms with Gasteiger partial charge in [-0.15, -0.1) is 22.2 Å². The summed E-state index contributed by atoms with van der Waals surface area (Å²) in [5, 5.41) is 0. The van der Waals surface area contributed by atoms with Gasteiger partial charge in [0.2, 0.25) is 7.42 Å². The molecule has 20 heavy (non-hydrogen) atoms. The molecule has 0 aliphatic heterocycles. The Morgan fingerprint density at radius 1 is 0.950 bits per heavy atom. The summed E-state index contributed by atoms with van der Waals surface area (Å²) in [6.45, 7) is 0. The van der Waals surface area contributed by atoms with Gasteiger partial charge in [-0.25, -0.2) is 0 Å². The Balaban J connectivity index is 3.22. The molecule has 0 nitrogen and oxygen atoms in total. The van der Waals surface area contributed by atoms with Crippen molar-refractivity contribution in [2.24, 2.45) is 0 Å². The van der Waals surface area contributed by atoms with Crippen molar-refractivity contribution in [2.75, 3.05) is 0 Å². The summed E-state index contributed by atoms with van der Waals surface area (Å²) < 4.78 is 88.8. The first-order valence-electron chi connectivity index (χ1n) is 5.09. The number of hydrogen-bond acceptors (Lipinski definition) is 0. The van der Waals surface area contributed by atoms with Crippen LogP contribution in [-0.2, 0) is 12.0 Å². The lowest BCUT2D eigenvalue weighted by Crippen LogP contribution is -2.50.